The topological polar surface area (TPSA) is 29.5 Å². The molecule has 1 aliphatic heterocycles. The lowest BCUT2D eigenvalue weighted by Gasteiger charge is -2.27. The largest absolute Gasteiger partial charge is 0.444 e. The van der Waals surface area contributed by atoms with Crippen LogP contribution in [-0.2, 0) is 4.74 Å². The van der Waals surface area contributed by atoms with Crippen molar-refractivity contribution >= 4 is 6.09 Å². The highest BCUT2D eigenvalue weighted by Crippen LogP contribution is 2.22. The smallest absolute Gasteiger partial charge is 0.410 e. The Labute approximate surface area is 98.5 Å². The standard InChI is InChI=1S/C13H23NO2/c1-10(2)9-11-7-6-8-14(11)12(15)16-13(3,4)5/h9,11H,6-8H2,1-5H3/t11-/m1/s1. The Morgan fingerprint density at radius 2 is 2.00 bits per heavy atom. The summed E-state index contributed by atoms with van der Waals surface area (Å²) in [6.45, 7) is 10.6. The van der Waals surface area contributed by atoms with Gasteiger partial charge in [0.2, 0.25) is 0 Å². The molecule has 0 saturated carbocycles. The molecule has 1 rings (SSSR count). The molecule has 0 spiro atoms. The molecule has 1 amide bonds. The summed E-state index contributed by atoms with van der Waals surface area (Å²) >= 11 is 0. The molecule has 1 heterocycles. The predicted molar refractivity (Wildman–Crippen MR) is 65.4 cm³/mol. The van der Waals surface area contributed by atoms with Crippen LogP contribution in [0.3, 0.4) is 0 Å². The van der Waals surface area contributed by atoms with E-state index in [1.807, 2.05) is 25.7 Å². The molecule has 1 fully saturated rings. The molecule has 0 N–H and O–H groups in total. The van der Waals surface area contributed by atoms with Crippen LogP contribution in [0.1, 0.15) is 47.5 Å². The molecular formula is C13H23NO2. The van der Waals surface area contributed by atoms with E-state index in [0.29, 0.717) is 0 Å². The number of carbonyl (C=O) groups is 1. The normalized spacial score (nSPS) is 20.8. The Balaban J connectivity index is 2.65. The third-order valence-corrected chi connectivity index (χ3v) is 2.45. The van der Waals surface area contributed by atoms with Gasteiger partial charge in [-0.3, -0.25) is 0 Å². The molecule has 0 aromatic heterocycles. The van der Waals surface area contributed by atoms with E-state index in [1.54, 1.807) is 0 Å². The van der Waals surface area contributed by atoms with Crippen molar-refractivity contribution < 1.29 is 9.53 Å². The Bertz CT molecular complexity index is 285. The van der Waals surface area contributed by atoms with Crippen LogP contribution in [-0.4, -0.2) is 29.2 Å². The fourth-order valence-electron chi connectivity index (χ4n) is 1.90. The summed E-state index contributed by atoms with van der Waals surface area (Å²) in [5, 5.41) is 0. The van der Waals surface area contributed by atoms with Crippen molar-refractivity contribution in [2.45, 2.75) is 59.1 Å². The molecular weight excluding hydrogens is 202 g/mol. The number of likely N-dealkylation sites (tertiary alicyclic amines) is 1. The van der Waals surface area contributed by atoms with Crippen LogP contribution in [0.2, 0.25) is 0 Å². The summed E-state index contributed by atoms with van der Waals surface area (Å²) in [6.07, 6.45) is 4.07. The van der Waals surface area contributed by atoms with Gasteiger partial charge in [0.05, 0.1) is 6.04 Å². The van der Waals surface area contributed by atoms with Crippen molar-refractivity contribution in [3.8, 4) is 0 Å². The number of rotatable bonds is 1. The molecule has 0 radical (unpaired) electrons. The molecule has 0 unspecified atom stereocenters. The van der Waals surface area contributed by atoms with Gasteiger partial charge in [0.25, 0.3) is 0 Å². The first-order valence-electron chi connectivity index (χ1n) is 5.94. The van der Waals surface area contributed by atoms with Crippen LogP contribution >= 0.6 is 0 Å². The zero-order valence-corrected chi connectivity index (χ0v) is 11.0. The van der Waals surface area contributed by atoms with Gasteiger partial charge in [-0.1, -0.05) is 11.6 Å². The van der Waals surface area contributed by atoms with Crippen LogP contribution in [0.15, 0.2) is 11.6 Å². The number of allylic oxidation sites excluding steroid dienone is 1. The van der Waals surface area contributed by atoms with Crippen LogP contribution in [0, 0.1) is 0 Å². The summed E-state index contributed by atoms with van der Waals surface area (Å²) in [5.74, 6) is 0. The molecule has 3 heteroatoms. The Morgan fingerprint density at radius 1 is 1.38 bits per heavy atom. The van der Waals surface area contributed by atoms with E-state index in [-0.39, 0.29) is 12.1 Å². The van der Waals surface area contributed by atoms with Gasteiger partial charge in [-0.05, 0) is 47.5 Å². The monoisotopic (exact) mass is 225 g/mol. The lowest BCUT2D eigenvalue weighted by atomic mass is 10.1. The fourth-order valence-corrected chi connectivity index (χ4v) is 1.90. The molecule has 92 valence electrons. The molecule has 0 aromatic rings. The average Bonchev–Trinajstić information content (AvgIpc) is 2.47. The van der Waals surface area contributed by atoms with Crippen molar-refractivity contribution in [3.63, 3.8) is 0 Å². The molecule has 0 aliphatic carbocycles. The summed E-state index contributed by atoms with van der Waals surface area (Å²) in [6, 6.07) is 0.222. The second-order valence-electron chi connectivity index (χ2n) is 5.63. The van der Waals surface area contributed by atoms with Gasteiger partial charge in [-0.2, -0.15) is 0 Å². The van der Waals surface area contributed by atoms with E-state index in [4.69, 9.17) is 4.74 Å². The second kappa shape index (κ2) is 4.89. The lowest BCUT2D eigenvalue weighted by molar-refractivity contribution is 0.0255. The maximum Gasteiger partial charge on any atom is 0.410 e. The Morgan fingerprint density at radius 3 is 2.50 bits per heavy atom. The van der Waals surface area contributed by atoms with Crippen LogP contribution in [0.5, 0.6) is 0 Å². The van der Waals surface area contributed by atoms with Gasteiger partial charge in [-0.25, -0.2) is 4.79 Å². The van der Waals surface area contributed by atoms with Crippen LogP contribution in [0.25, 0.3) is 0 Å². The Hall–Kier alpha value is -0.990. The molecule has 16 heavy (non-hydrogen) atoms. The van der Waals surface area contributed by atoms with Gasteiger partial charge < -0.3 is 9.64 Å². The summed E-state index contributed by atoms with van der Waals surface area (Å²) in [7, 11) is 0. The highest BCUT2D eigenvalue weighted by molar-refractivity contribution is 5.69. The molecule has 0 bridgehead atoms. The summed E-state index contributed by atoms with van der Waals surface area (Å²) in [5.41, 5.74) is 0.843. The fraction of sp³-hybridized carbons (Fsp3) is 0.769. The predicted octanol–water partition coefficient (Wildman–Crippen LogP) is 3.35. The number of ether oxygens (including phenoxy) is 1. The minimum Gasteiger partial charge on any atom is -0.444 e. The quantitative estimate of drug-likeness (QED) is 0.640. The first kappa shape index (κ1) is 13.1. The minimum atomic E-state index is -0.408. The van der Waals surface area contributed by atoms with E-state index < -0.39 is 5.60 Å². The van der Waals surface area contributed by atoms with E-state index in [0.717, 1.165) is 19.4 Å². The number of nitrogens with zero attached hydrogens (tertiary/aromatic N) is 1. The summed E-state index contributed by atoms with van der Waals surface area (Å²) in [4.78, 5) is 13.8. The number of hydrogen-bond donors (Lipinski definition) is 0. The molecule has 3 nitrogen and oxygen atoms in total. The maximum atomic E-state index is 11.9. The van der Waals surface area contributed by atoms with Crippen LogP contribution in [0.4, 0.5) is 4.79 Å². The zero-order valence-electron chi connectivity index (χ0n) is 11.0. The molecule has 1 aliphatic rings. The zero-order chi connectivity index (χ0) is 12.3. The van der Waals surface area contributed by atoms with Crippen molar-refractivity contribution in [1.82, 2.24) is 4.90 Å². The first-order chi connectivity index (χ1) is 7.29. The van der Waals surface area contributed by atoms with Crippen molar-refractivity contribution in [3.05, 3.63) is 11.6 Å². The third-order valence-electron chi connectivity index (χ3n) is 2.45. The molecule has 0 aromatic carbocycles. The Kier molecular flexibility index (Phi) is 4.00. The first-order valence-corrected chi connectivity index (χ1v) is 5.94. The van der Waals surface area contributed by atoms with E-state index >= 15 is 0 Å². The average molecular weight is 225 g/mol. The summed E-state index contributed by atoms with van der Waals surface area (Å²) < 4.78 is 5.39. The van der Waals surface area contributed by atoms with Crippen molar-refractivity contribution in [2.75, 3.05) is 6.54 Å². The van der Waals surface area contributed by atoms with Gasteiger partial charge in [0, 0.05) is 6.54 Å². The van der Waals surface area contributed by atoms with Crippen molar-refractivity contribution in [2.24, 2.45) is 0 Å². The number of carbonyl (C=O) groups excluding carboxylic acids is 1. The van der Waals surface area contributed by atoms with E-state index in [1.165, 1.54) is 5.57 Å². The highest BCUT2D eigenvalue weighted by Gasteiger charge is 2.30. The molecule has 1 atom stereocenters. The maximum absolute atomic E-state index is 11.9. The number of hydrogen-bond acceptors (Lipinski definition) is 2. The van der Waals surface area contributed by atoms with Crippen LogP contribution < -0.4 is 0 Å². The third kappa shape index (κ3) is 3.87. The van der Waals surface area contributed by atoms with Gasteiger partial charge >= 0.3 is 6.09 Å². The van der Waals surface area contributed by atoms with Crippen molar-refractivity contribution in [1.29, 1.82) is 0 Å². The molecule has 1 saturated heterocycles. The van der Waals surface area contributed by atoms with Gasteiger partial charge in [-0.15, -0.1) is 0 Å². The second-order valence-corrected chi connectivity index (χ2v) is 5.63. The number of amides is 1. The van der Waals surface area contributed by atoms with Gasteiger partial charge in [0.15, 0.2) is 0 Å². The van der Waals surface area contributed by atoms with E-state index in [2.05, 4.69) is 19.9 Å². The van der Waals surface area contributed by atoms with Gasteiger partial charge in [0.1, 0.15) is 5.60 Å². The lowest BCUT2D eigenvalue weighted by Crippen LogP contribution is -2.39. The SMILES string of the molecule is CC(C)=C[C@H]1CCCN1C(=O)OC(C)(C)C. The van der Waals surface area contributed by atoms with E-state index in [9.17, 15) is 4.79 Å². The minimum absolute atomic E-state index is 0.187. The highest BCUT2D eigenvalue weighted by atomic mass is 16.6.